The molecule has 7 heteroatoms. The number of hydrogen-bond acceptors (Lipinski definition) is 5. The number of carbonyl (C=O) groups is 3. The van der Waals surface area contributed by atoms with Crippen LogP contribution in [-0.4, -0.2) is 29.0 Å². The van der Waals surface area contributed by atoms with Gasteiger partial charge in [-0.05, 0) is 71.4 Å². The quantitative estimate of drug-likeness (QED) is 0.170. The highest BCUT2D eigenvalue weighted by molar-refractivity contribution is 7.99. The van der Waals surface area contributed by atoms with Crippen molar-refractivity contribution in [1.29, 1.82) is 0 Å². The van der Waals surface area contributed by atoms with Crippen LogP contribution in [0.2, 0.25) is 0 Å². The van der Waals surface area contributed by atoms with Gasteiger partial charge in [-0.3, -0.25) is 4.79 Å². The predicted octanol–water partition coefficient (Wildman–Crippen LogP) is 6.26. The van der Waals surface area contributed by atoms with Crippen LogP contribution in [-0.2, 0) is 4.79 Å². The minimum absolute atomic E-state index is 0.0267. The van der Waals surface area contributed by atoms with E-state index in [9.17, 15) is 19.5 Å². The first kappa shape index (κ1) is 23.1. The van der Waals surface area contributed by atoms with Gasteiger partial charge in [-0.1, -0.05) is 24.3 Å². The van der Waals surface area contributed by atoms with Gasteiger partial charge in [-0.15, -0.1) is 11.8 Å². The van der Waals surface area contributed by atoms with E-state index in [0.29, 0.717) is 23.5 Å². The molecule has 6 nitrogen and oxygen atoms in total. The minimum Gasteiger partial charge on any atom is -0.478 e. The number of thioether (sulfide) groups is 1. The molecule has 4 aromatic rings. The lowest BCUT2D eigenvalue weighted by Crippen LogP contribution is -2.14. The molecule has 170 valence electrons. The van der Waals surface area contributed by atoms with Crippen LogP contribution in [0.25, 0.3) is 10.8 Å². The first-order chi connectivity index (χ1) is 16.5. The van der Waals surface area contributed by atoms with Crippen molar-refractivity contribution in [3.8, 4) is 11.5 Å². The summed E-state index contributed by atoms with van der Waals surface area (Å²) in [7, 11) is 0. The molecule has 0 fully saturated rings. The molecule has 0 unspecified atom stereocenters. The van der Waals surface area contributed by atoms with Crippen molar-refractivity contribution in [2.45, 2.75) is 11.3 Å². The van der Waals surface area contributed by atoms with Crippen LogP contribution in [0, 0.1) is 0 Å². The molecule has 0 saturated carbocycles. The van der Waals surface area contributed by atoms with Crippen molar-refractivity contribution < 1.29 is 24.2 Å². The number of anilines is 1. The van der Waals surface area contributed by atoms with Crippen molar-refractivity contribution in [1.82, 2.24) is 0 Å². The molecular formula is C27H21NO5S. The molecule has 1 amide bonds. The van der Waals surface area contributed by atoms with E-state index in [1.54, 1.807) is 54.2 Å². The molecule has 34 heavy (non-hydrogen) atoms. The molecule has 4 rings (SSSR count). The van der Waals surface area contributed by atoms with Crippen LogP contribution < -0.4 is 10.1 Å². The first-order valence-electron chi connectivity index (χ1n) is 10.6. The monoisotopic (exact) mass is 471 g/mol. The Morgan fingerprint density at radius 1 is 0.882 bits per heavy atom. The van der Waals surface area contributed by atoms with E-state index in [1.807, 2.05) is 30.3 Å². The Morgan fingerprint density at radius 3 is 2.35 bits per heavy atom. The summed E-state index contributed by atoms with van der Waals surface area (Å²) in [5, 5.41) is 14.0. The fourth-order valence-electron chi connectivity index (χ4n) is 3.36. The summed E-state index contributed by atoms with van der Waals surface area (Å²) >= 11 is 1.65. The largest absolute Gasteiger partial charge is 0.478 e. The topological polar surface area (TPSA) is 92.7 Å². The van der Waals surface area contributed by atoms with E-state index >= 15 is 0 Å². The predicted molar refractivity (Wildman–Crippen MR) is 133 cm³/mol. The first-order valence-corrected chi connectivity index (χ1v) is 11.5. The summed E-state index contributed by atoms with van der Waals surface area (Å²) in [6.45, 7) is 0. The molecule has 4 aromatic carbocycles. The number of carboxylic acids is 1. The average molecular weight is 472 g/mol. The Morgan fingerprint density at radius 2 is 1.59 bits per heavy atom. The highest BCUT2D eigenvalue weighted by Crippen LogP contribution is 2.29. The third kappa shape index (κ3) is 5.63. The number of para-hydroxylation sites is 1. The highest BCUT2D eigenvalue weighted by atomic mass is 32.2. The van der Waals surface area contributed by atoms with E-state index in [-0.39, 0.29) is 11.3 Å². The lowest BCUT2D eigenvalue weighted by Gasteiger charge is -2.10. The number of rotatable bonds is 9. The van der Waals surface area contributed by atoms with Crippen molar-refractivity contribution in [2.24, 2.45) is 0 Å². The molecule has 2 N–H and O–H groups in total. The number of carboxylic acid groups (broad SMARTS) is 1. The second-order valence-corrected chi connectivity index (χ2v) is 8.57. The number of nitrogens with one attached hydrogen (secondary N) is 1. The van der Waals surface area contributed by atoms with Gasteiger partial charge in [0.05, 0.1) is 11.3 Å². The van der Waals surface area contributed by atoms with Gasteiger partial charge in [0.15, 0.2) is 0 Å². The second-order valence-electron chi connectivity index (χ2n) is 7.41. The molecule has 0 aromatic heterocycles. The number of aldehydes is 1. The van der Waals surface area contributed by atoms with Gasteiger partial charge < -0.3 is 20.0 Å². The molecule has 0 aliphatic heterocycles. The third-order valence-electron chi connectivity index (χ3n) is 5.05. The van der Waals surface area contributed by atoms with E-state index < -0.39 is 11.9 Å². The maximum Gasteiger partial charge on any atom is 0.337 e. The van der Waals surface area contributed by atoms with E-state index in [0.717, 1.165) is 27.7 Å². The number of hydrogen-bond donors (Lipinski definition) is 2. The van der Waals surface area contributed by atoms with Crippen molar-refractivity contribution in [2.75, 3.05) is 11.1 Å². The van der Waals surface area contributed by atoms with Crippen LogP contribution in [0.4, 0.5) is 5.69 Å². The summed E-state index contributed by atoms with van der Waals surface area (Å²) in [5.41, 5.74) is 0.645. The number of fused-ring (bicyclic) bond motifs is 1. The van der Waals surface area contributed by atoms with Gasteiger partial charge in [-0.2, -0.15) is 0 Å². The number of aromatic carboxylic acids is 1. The summed E-state index contributed by atoms with van der Waals surface area (Å²) in [6.07, 6.45) is 1.46. The zero-order chi connectivity index (χ0) is 23.9. The maximum absolute atomic E-state index is 12.6. The summed E-state index contributed by atoms with van der Waals surface area (Å²) in [6, 6.07) is 24.8. The molecule has 0 bridgehead atoms. The molecule has 0 atom stereocenters. The molecule has 0 heterocycles. The summed E-state index contributed by atoms with van der Waals surface area (Å²) in [4.78, 5) is 35.5. The summed E-state index contributed by atoms with van der Waals surface area (Å²) < 4.78 is 5.95. The van der Waals surface area contributed by atoms with Gasteiger partial charge in [0, 0.05) is 22.6 Å². The molecule has 0 aliphatic rings. The van der Waals surface area contributed by atoms with Gasteiger partial charge in [0.25, 0.3) is 5.91 Å². The van der Waals surface area contributed by atoms with Gasteiger partial charge >= 0.3 is 5.97 Å². The van der Waals surface area contributed by atoms with Crippen LogP contribution in [0.1, 0.15) is 27.1 Å². The Labute approximate surface area is 200 Å². The van der Waals surface area contributed by atoms with Gasteiger partial charge in [0.1, 0.15) is 17.8 Å². The molecule has 0 spiro atoms. The fraction of sp³-hybridized carbons (Fsp3) is 0.0741. The fourth-order valence-corrected chi connectivity index (χ4v) is 4.19. The Hall–Kier alpha value is -4.10. The van der Waals surface area contributed by atoms with Crippen molar-refractivity contribution in [3.63, 3.8) is 0 Å². The number of benzene rings is 4. The highest BCUT2D eigenvalue weighted by Gasteiger charge is 2.13. The van der Waals surface area contributed by atoms with Crippen LogP contribution in [0.5, 0.6) is 11.5 Å². The maximum atomic E-state index is 12.6. The molecular weight excluding hydrogens is 450 g/mol. The average Bonchev–Trinajstić information content (AvgIpc) is 2.85. The molecule has 0 radical (unpaired) electrons. The number of ether oxygens (including phenoxy) is 1. The standard InChI is InChI=1S/C27H21NO5S/c29-14-3-15-34-23-13-9-19-16-22(12-8-20(19)17-23)33-21-10-6-18(7-11-21)26(30)28-25-5-2-1-4-24(25)27(31)32/h1-2,4-14,16-17H,3,15H2,(H,28,30)(H,31,32). The SMILES string of the molecule is O=CCCSc1ccc2cc(Oc3ccc(C(=O)Nc4ccccc4C(=O)O)cc3)ccc2c1. The molecule has 0 aliphatic carbocycles. The number of carbonyl (C=O) groups excluding carboxylic acids is 2. The smallest absolute Gasteiger partial charge is 0.337 e. The molecule has 0 saturated heterocycles. The van der Waals surface area contributed by atoms with Crippen LogP contribution in [0.3, 0.4) is 0 Å². The Bertz CT molecular complexity index is 1350. The number of amides is 1. The Kier molecular flexibility index (Phi) is 7.25. The van der Waals surface area contributed by atoms with Crippen molar-refractivity contribution in [3.05, 3.63) is 96.1 Å². The van der Waals surface area contributed by atoms with Crippen LogP contribution >= 0.6 is 11.8 Å². The Balaban J connectivity index is 1.43. The van der Waals surface area contributed by atoms with E-state index in [2.05, 4.69) is 11.4 Å². The third-order valence-corrected chi connectivity index (χ3v) is 6.07. The van der Waals surface area contributed by atoms with E-state index in [4.69, 9.17) is 4.74 Å². The van der Waals surface area contributed by atoms with E-state index in [1.165, 1.54) is 6.07 Å². The summed E-state index contributed by atoms with van der Waals surface area (Å²) in [5.74, 6) is 0.482. The van der Waals surface area contributed by atoms with Gasteiger partial charge in [-0.25, -0.2) is 4.79 Å². The zero-order valence-corrected chi connectivity index (χ0v) is 18.9. The lowest BCUT2D eigenvalue weighted by atomic mass is 10.1. The second kappa shape index (κ2) is 10.7. The van der Waals surface area contributed by atoms with Crippen molar-refractivity contribution >= 4 is 46.4 Å². The zero-order valence-electron chi connectivity index (χ0n) is 18.1. The normalized spacial score (nSPS) is 10.6. The van der Waals surface area contributed by atoms with Gasteiger partial charge in [0.2, 0.25) is 0 Å². The lowest BCUT2D eigenvalue weighted by molar-refractivity contribution is -0.107. The van der Waals surface area contributed by atoms with Crippen LogP contribution in [0.15, 0.2) is 89.8 Å². The minimum atomic E-state index is -1.11.